The van der Waals surface area contributed by atoms with Crippen molar-refractivity contribution in [2.75, 3.05) is 18.9 Å². The molecule has 0 atom stereocenters. The minimum absolute atomic E-state index is 0.0227. The van der Waals surface area contributed by atoms with Gasteiger partial charge in [-0.3, -0.25) is 9.59 Å². The molecule has 0 aliphatic heterocycles. The highest BCUT2D eigenvalue weighted by atomic mass is 16.2. The monoisotopic (exact) mass is 404 g/mol. The summed E-state index contributed by atoms with van der Waals surface area (Å²) < 4.78 is 1.79. The van der Waals surface area contributed by atoms with Crippen molar-refractivity contribution in [3.05, 3.63) is 77.1 Å². The van der Waals surface area contributed by atoms with Gasteiger partial charge in [0.2, 0.25) is 11.8 Å². The number of para-hydroxylation sites is 1. The normalized spacial score (nSPS) is 10.7. The smallest absolute Gasteiger partial charge is 0.243 e. The van der Waals surface area contributed by atoms with E-state index in [0.29, 0.717) is 12.8 Å². The van der Waals surface area contributed by atoms with Gasteiger partial charge in [0, 0.05) is 25.4 Å². The van der Waals surface area contributed by atoms with Crippen molar-refractivity contribution in [2.24, 2.45) is 0 Å². The van der Waals surface area contributed by atoms with Crippen LogP contribution in [-0.4, -0.2) is 40.1 Å². The molecule has 3 rings (SSSR count). The molecule has 156 valence electrons. The minimum Gasteiger partial charge on any atom is -0.336 e. The van der Waals surface area contributed by atoms with Gasteiger partial charge in [-0.15, -0.1) is 0 Å². The molecule has 0 saturated heterocycles. The molecular formula is C24H28N4O2. The number of carbonyl (C=O) groups is 2. The van der Waals surface area contributed by atoms with Gasteiger partial charge in [-0.2, -0.15) is 5.10 Å². The van der Waals surface area contributed by atoms with Crippen molar-refractivity contribution in [3.63, 3.8) is 0 Å². The fourth-order valence-corrected chi connectivity index (χ4v) is 3.51. The maximum absolute atomic E-state index is 12.5. The van der Waals surface area contributed by atoms with Crippen LogP contribution in [0.1, 0.15) is 28.7 Å². The Balaban J connectivity index is 1.51. The Kier molecular flexibility index (Phi) is 6.67. The standard InChI is InChI=1S/C24H28N4O2/c1-17-12-18(2)24(19(3)13-17)26-22(29)16-27(4)23(30)11-10-20-14-25-28(15-20)21-8-6-5-7-9-21/h5-9,12-15H,10-11,16H2,1-4H3,(H,26,29). The van der Waals surface area contributed by atoms with Gasteiger partial charge in [0.1, 0.15) is 0 Å². The SMILES string of the molecule is Cc1cc(C)c(NC(=O)CN(C)C(=O)CCc2cnn(-c3ccccc3)c2)c(C)c1. The molecule has 0 fully saturated rings. The third-order valence-corrected chi connectivity index (χ3v) is 5.03. The summed E-state index contributed by atoms with van der Waals surface area (Å²) in [4.78, 5) is 26.4. The van der Waals surface area contributed by atoms with Crippen molar-refractivity contribution in [3.8, 4) is 5.69 Å². The summed E-state index contributed by atoms with van der Waals surface area (Å²) in [5.41, 5.74) is 5.97. The van der Waals surface area contributed by atoms with Crippen molar-refractivity contribution in [1.29, 1.82) is 0 Å². The van der Waals surface area contributed by atoms with Gasteiger partial charge in [0.25, 0.3) is 0 Å². The average Bonchev–Trinajstić information content (AvgIpc) is 3.18. The van der Waals surface area contributed by atoms with Gasteiger partial charge in [-0.25, -0.2) is 4.68 Å². The summed E-state index contributed by atoms with van der Waals surface area (Å²) in [6.07, 6.45) is 4.61. The first-order chi connectivity index (χ1) is 14.3. The van der Waals surface area contributed by atoms with Crippen molar-refractivity contribution >= 4 is 17.5 Å². The van der Waals surface area contributed by atoms with E-state index in [-0.39, 0.29) is 18.4 Å². The lowest BCUT2D eigenvalue weighted by atomic mass is 10.1. The lowest BCUT2D eigenvalue weighted by molar-refractivity contribution is -0.133. The van der Waals surface area contributed by atoms with E-state index in [1.165, 1.54) is 4.90 Å². The Morgan fingerprint density at radius 2 is 1.73 bits per heavy atom. The third-order valence-electron chi connectivity index (χ3n) is 5.03. The van der Waals surface area contributed by atoms with E-state index in [2.05, 4.69) is 10.4 Å². The van der Waals surface area contributed by atoms with Crippen LogP contribution in [0.3, 0.4) is 0 Å². The second kappa shape index (κ2) is 9.39. The Bertz CT molecular complexity index is 1020. The third kappa shape index (κ3) is 5.35. The zero-order valence-electron chi connectivity index (χ0n) is 18.0. The summed E-state index contributed by atoms with van der Waals surface area (Å²) in [5.74, 6) is -0.271. The number of carbonyl (C=O) groups excluding carboxylic acids is 2. The van der Waals surface area contributed by atoms with Crippen LogP contribution in [0.2, 0.25) is 0 Å². The topological polar surface area (TPSA) is 67.2 Å². The molecule has 30 heavy (non-hydrogen) atoms. The number of benzene rings is 2. The predicted octanol–water partition coefficient (Wildman–Crippen LogP) is 3.83. The second-order valence-electron chi connectivity index (χ2n) is 7.70. The fraction of sp³-hybridized carbons (Fsp3) is 0.292. The number of hydrogen-bond acceptors (Lipinski definition) is 3. The number of nitrogens with one attached hydrogen (secondary N) is 1. The molecule has 6 nitrogen and oxygen atoms in total. The van der Waals surface area contributed by atoms with Gasteiger partial charge >= 0.3 is 0 Å². The van der Waals surface area contributed by atoms with Gasteiger partial charge in [-0.05, 0) is 56.0 Å². The van der Waals surface area contributed by atoms with Crippen LogP contribution in [0.4, 0.5) is 5.69 Å². The first-order valence-corrected chi connectivity index (χ1v) is 10.0. The lowest BCUT2D eigenvalue weighted by Crippen LogP contribution is -2.35. The lowest BCUT2D eigenvalue weighted by Gasteiger charge is -2.18. The van der Waals surface area contributed by atoms with Gasteiger partial charge in [0.05, 0.1) is 18.4 Å². The zero-order chi connectivity index (χ0) is 21.7. The van der Waals surface area contributed by atoms with E-state index in [4.69, 9.17) is 0 Å². The van der Waals surface area contributed by atoms with E-state index in [9.17, 15) is 9.59 Å². The molecule has 0 saturated carbocycles. The highest BCUT2D eigenvalue weighted by Gasteiger charge is 2.15. The molecule has 0 unspecified atom stereocenters. The molecule has 0 spiro atoms. The molecule has 0 radical (unpaired) electrons. The summed E-state index contributed by atoms with van der Waals surface area (Å²) >= 11 is 0. The van der Waals surface area contributed by atoms with Crippen molar-refractivity contribution in [1.82, 2.24) is 14.7 Å². The molecule has 0 aliphatic rings. The molecule has 6 heteroatoms. The van der Waals surface area contributed by atoms with Crippen molar-refractivity contribution in [2.45, 2.75) is 33.6 Å². The average molecular weight is 405 g/mol. The minimum atomic E-state index is -0.196. The molecule has 1 heterocycles. The van der Waals surface area contributed by atoms with Gasteiger partial charge in [0.15, 0.2) is 0 Å². The molecule has 1 N–H and O–H groups in total. The maximum atomic E-state index is 12.5. The molecular weight excluding hydrogens is 376 g/mol. The molecule has 3 aromatic rings. The quantitative estimate of drug-likeness (QED) is 0.651. The molecule has 2 amide bonds. The fourth-order valence-electron chi connectivity index (χ4n) is 3.51. The number of anilines is 1. The molecule has 1 aromatic heterocycles. The molecule has 2 aromatic carbocycles. The van der Waals surface area contributed by atoms with E-state index in [0.717, 1.165) is 33.6 Å². The molecule has 0 aliphatic carbocycles. The first-order valence-electron chi connectivity index (χ1n) is 10.0. The highest BCUT2D eigenvalue weighted by Crippen LogP contribution is 2.21. The zero-order valence-corrected chi connectivity index (χ0v) is 18.0. The Morgan fingerprint density at radius 3 is 2.40 bits per heavy atom. The van der Waals surface area contributed by atoms with E-state index in [1.807, 2.05) is 69.4 Å². The first kappa shape index (κ1) is 21.3. The molecule has 0 bridgehead atoms. The number of likely N-dealkylation sites (N-methyl/N-ethyl adjacent to an activating group) is 1. The van der Waals surface area contributed by atoms with Crippen LogP contribution in [0, 0.1) is 20.8 Å². The number of hydrogen-bond donors (Lipinski definition) is 1. The van der Waals surface area contributed by atoms with Crippen LogP contribution in [0.5, 0.6) is 0 Å². The summed E-state index contributed by atoms with van der Waals surface area (Å²) in [6.45, 7) is 6.00. The van der Waals surface area contributed by atoms with E-state index < -0.39 is 0 Å². The maximum Gasteiger partial charge on any atom is 0.243 e. The number of aryl methyl sites for hydroxylation is 4. The number of nitrogens with zero attached hydrogens (tertiary/aromatic N) is 3. The number of rotatable bonds is 7. The van der Waals surface area contributed by atoms with Crippen LogP contribution in [0.25, 0.3) is 5.69 Å². The summed E-state index contributed by atoms with van der Waals surface area (Å²) in [5, 5.41) is 7.30. The van der Waals surface area contributed by atoms with E-state index in [1.54, 1.807) is 17.9 Å². The van der Waals surface area contributed by atoms with Crippen LogP contribution < -0.4 is 5.32 Å². The van der Waals surface area contributed by atoms with Crippen LogP contribution >= 0.6 is 0 Å². The highest BCUT2D eigenvalue weighted by molar-refractivity contribution is 5.95. The second-order valence-corrected chi connectivity index (χ2v) is 7.70. The van der Waals surface area contributed by atoms with Crippen LogP contribution in [-0.2, 0) is 16.0 Å². The summed E-state index contributed by atoms with van der Waals surface area (Å²) in [6, 6.07) is 13.9. The predicted molar refractivity (Wildman–Crippen MR) is 119 cm³/mol. The van der Waals surface area contributed by atoms with E-state index >= 15 is 0 Å². The summed E-state index contributed by atoms with van der Waals surface area (Å²) in [7, 11) is 1.66. The largest absolute Gasteiger partial charge is 0.336 e. The number of amides is 2. The van der Waals surface area contributed by atoms with Gasteiger partial charge in [-0.1, -0.05) is 35.9 Å². The Morgan fingerprint density at radius 1 is 1.07 bits per heavy atom. The number of aromatic nitrogens is 2. The van der Waals surface area contributed by atoms with Crippen LogP contribution in [0.15, 0.2) is 54.9 Å². The van der Waals surface area contributed by atoms with Crippen molar-refractivity contribution < 1.29 is 9.59 Å². The Hall–Kier alpha value is -3.41. The van der Waals surface area contributed by atoms with Gasteiger partial charge < -0.3 is 10.2 Å². The Labute approximate surface area is 177 Å².